The number of carbonyl (C=O) groups is 1. The number of fused-ring (bicyclic) bond motifs is 1. The minimum Gasteiger partial charge on any atom is -0.440 e. The summed E-state index contributed by atoms with van der Waals surface area (Å²) in [6.45, 7) is 7.24. The van der Waals surface area contributed by atoms with E-state index in [1.54, 1.807) is 31.4 Å². The van der Waals surface area contributed by atoms with Crippen LogP contribution in [0.15, 0.2) is 65.8 Å². The number of aromatic amines is 1. The average molecular weight is 571 g/mol. The Morgan fingerprint density at radius 3 is 2.73 bits per heavy atom. The Hall–Kier alpha value is -4.65. The molecule has 0 radical (unpaired) electrons. The third-order valence-electron chi connectivity index (χ3n) is 5.73. The van der Waals surface area contributed by atoms with Gasteiger partial charge in [-0.1, -0.05) is 18.5 Å². The summed E-state index contributed by atoms with van der Waals surface area (Å²) in [5, 5.41) is 4.82. The van der Waals surface area contributed by atoms with Crippen molar-refractivity contribution in [1.82, 2.24) is 14.8 Å². The summed E-state index contributed by atoms with van der Waals surface area (Å²) in [6.07, 6.45) is 4.76. The minimum atomic E-state index is -0.723. The molecule has 9 nitrogen and oxygen atoms in total. The largest absolute Gasteiger partial charge is 0.440 e. The number of H-pyrrole nitrogens is 1. The van der Waals surface area contributed by atoms with E-state index in [0.717, 1.165) is 18.2 Å². The van der Waals surface area contributed by atoms with Crippen LogP contribution in [0.2, 0.25) is 0 Å². The smallest absolute Gasteiger partial charge is 0.214 e. The number of benzene rings is 2. The van der Waals surface area contributed by atoms with Gasteiger partial charge in [0.15, 0.2) is 23.2 Å². The molecule has 0 saturated carbocycles. The monoisotopic (exact) mass is 570 g/mol. The summed E-state index contributed by atoms with van der Waals surface area (Å²) in [7, 11) is 0. The number of hydrogen-bond donors (Lipinski definition) is 3. The molecule has 4 N–H and O–H groups in total. The lowest BCUT2D eigenvalue weighted by molar-refractivity contribution is -0.00504. The Bertz CT molecular complexity index is 1660. The number of aromatic nitrogens is 3. The van der Waals surface area contributed by atoms with Crippen molar-refractivity contribution in [3.63, 3.8) is 0 Å². The van der Waals surface area contributed by atoms with Gasteiger partial charge < -0.3 is 20.2 Å². The fourth-order valence-corrected chi connectivity index (χ4v) is 4.23. The number of nitrogens with two attached hydrogens (primary N) is 1. The number of allylic oxidation sites excluding steroid dienone is 2. The fourth-order valence-electron chi connectivity index (χ4n) is 3.85. The third-order valence-corrected chi connectivity index (χ3v) is 6.15. The highest BCUT2D eigenvalue weighted by atomic mass is 32.2. The normalized spacial score (nSPS) is 12.1. The summed E-state index contributed by atoms with van der Waals surface area (Å²) in [6, 6.07) is 7.52. The second-order valence-electron chi connectivity index (χ2n) is 8.59. The molecule has 2 aromatic heterocycles. The number of halogens is 3. The summed E-state index contributed by atoms with van der Waals surface area (Å²) in [4.78, 5) is 24.5. The Balaban J connectivity index is 1.57. The number of ether oxygens (including phenoxy) is 1. The van der Waals surface area contributed by atoms with Crippen LogP contribution in [-0.4, -0.2) is 39.2 Å². The van der Waals surface area contributed by atoms with E-state index in [-0.39, 0.29) is 41.0 Å². The molecule has 4 aromatic rings. The van der Waals surface area contributed by atoms with Crippen LogP contribution in [0.3, 0.4) is 0 Å². The third kappa shape index (κ3) is 5.99. The topological polar surface area (TPSA) is 120 Å². The highest BCUT2D eigenvalue weighted by Gasteiger charge is 2.21. The summed E-state index contributed by atoms with van der Waals surface area (Å²) in [5.74, 6) is -1.94. The molecule has 13 heteroatoms. The molecule has 0 atom stereocenters. The van der Waals surface area contributed by atoms with Gasteiger partial charge in [-0.2, -0.15) is 5.10 Å². The van der Waals surface area contributed by atoms with Gasteiger partial charge in [-0.15, -0.1) is 0 Å². The van der Waals surface area contributed by atoms with Crippen LogP contribution in [-0.2, 0) is 0 Å². The van der Waals surface area contributed by atoms with Crippen LogP contribution in [0.1, 0.15) is 29.9 Å². The molecule has 0 aliphatic heterocycles. The molecule has 0 aliphatic carbocycles. The maximum absolute atomic E-state index is 13.8. The van der Waals surface area contributed by atoms with Crippen molar-refractivity contribution in [1.29, 1.82) is 0 Å². The molecule has 2 heterocycles. The first-order chi connectivity index (χ1) is 19.1. The second kappa shape index (κ2) is 12.0. The number of ketones is 1. The van der Waals surface area contributed by atoms with Gasteiger partial charge in [0.25, 0.3) is 0 Å². The van der Waals surface area contributed by atoms with Gasteiger partial charge in [0.05, 0.1) is 35.4 Å². The molecule has 2 aromatic carbocycles. The van der Waals surface area contributed by atoms with E-state index in [0.29, 0.717) is 27.9 Å². The Morgan fingerprint density at radius 1 is 1.25 bits per heavy atom. The van der Waals surface area contributed by atoms with Gasteiger partial charge in [-0.25, -0.2) is 13.5 Å². The Labute approximate surface area is 231 Å². The molecule has 40 heavy (non-hydrogen) atoms. The van der Waals surface area contributed by atoms with Crippen molar-refractivity contribution < 1.29 is 27.8 Å². The predicted octanol–water partition coefficient (Wildman–Crippen LogP) is 6.32. The number of nitrogens with zero attached hydrogens (tertiary/aromatic N) is 3. The van der Waals surface area contributed by atoms with E-state index in [9.17, 15) is 18.1 Å². The highest BCUT2D eigenvalue weighted by Crippen LogP contribution is 2.33. The van der Waals surface area contributed by atoms with Crippen LogP contribution >= 0.6 is 11.9 Å². The first-order valence-electron chi connectivity index (χ1n) is 11.8. The number of nitrogen functional groups attached to an aromatic ring is 1. The maximum Gasteiger partial charge on any atom is 0.214 e. The number of hydrogen-bond acceptors (Lipinski definition) is 8. The standard InChI is InChI=1S/C27H25F3N6O3S/c1-14(2)23(7-8-32-15(3)38-24-11-17(28)5-6-19(24)29)36-27(31)18(13-33-36)26(37)22-9-16-10-25(39-30)21(35-40-4)12-20(16)34-22/h5-7,9-13,34-35H,1,8,31H2,2-4H3. The summed E-state index contributed by atoms with van der Waals surface area (Å²) in [5.41, 5.74) is 8.70. The van der Waals surface area contributed by atoms with Gasteiger partial charge in [0.1, 0.15) is 11.6 Å². The van der Waals surface area contributed by atoms with E-state index >= 15 is 0 Å². The molecular weight excluding hydrogens is 545 g/mol. The van der Waals surface area contributed by atoms with Crippen LogP contribution in [0.5, 0.6) is 11.5 Å². The Morgan fingerprint density at radius 2 is 2.02 bits per heavy atom. The van der Waals surface area contributed by atoms with E-state index < -0.39 is 17.4 Å². The van der Waals surface area contributed by atoms with E-state index in [1.165, 1.54) is 35.8 Å². The zero-order valence-electron chi connectivity index (χ0n) is 21.7. The molecule has 0 amide bonds. The lowest BCUT2D eigenvalue weighted by atomic mass is 10.1. The van der Waals surface area contributed by atoms with Crippen molar-refractivity contribution in [3.8, 4) is 11.5 Å². The zero-order chi connectivity index (χ0) is 29.0. The van der Waals surface area contributed by atoms with Crippen LogP contribution in [0, 0.1) is 11.6 Å². The van der Waals surface area contributed by atoms with Crippen molar-refractivity contribution in [2.75, 3.05) is 23.3 Å². The maximum atomic E-state index is 13.8. The number of nitrogens with one attached hydrogen (secondary N) is 2. The molecule has 0 fully saturated rings. The van der Waals surface area contributed by atoms with Crippen LogP contribution in [0.25, 0.3) is 16.6 Å². The number of rotatable bonds is 10. The first-order valence-corrected chi connectivity index (χ1v) is 13.0. The van der Waals surface area contributed by atoms with Gasteiger partial charge in [-0.3, -0.25) is 14.7 Å². The van der Waals surface area contributed by atoms with Gasteiger partial charge in [-0.05, 0) is 48.9 Å². The lowest BCUT2D eigenvalue weighted by Gasteiger charge is -2.10. The quantitative estimate of drug-likeness (QED) is 0.0671. The minimum absolute atomic E-state index is 0.0206. The van der Waals surface area contributed by atoms with Crippen molar-refractivity contribution in [2.45, 2.75) is 13.8 Å². The van der Waals surface area contributed by atoms with Crippen molar-refractivity contribution in [3.05, 3.63) is 83.7 Å². The van der Waals surface area contributed by atoms with E-state index in [4.69, 9.17) is 10.5 Å². The Kier molecular flexibility index (Phi) is 8.53. The number of carbonyl (C=O) groups excluding carboxylic acids is 1. The van der Waals surface area contributed by atoms with Gasteiger partial charge >= 0.3 is 0 Å². The molecule has 0 saturated heterocycles. The molecular formula is C27H25F3N6O3S. The fraction of sp³-hybridized carbons (Fsp3) is 0.148. The molecule has 4 rings (SSSR count). The van der Waals surface area contributed by atoms with E-state index in [2.05, 4.69) is 31.3 Å². The molecule has 0 bridgehead atoms. The zero-order valence-corrected chi connectivity index (χ0v) is 22.5. The van der Waals surface area contributed by atoms with Crippen molar-refractivity contribution >= 4 is 51.7 Å². The SMILES string of the molecule is C=C(C)C(=CCN=C(C)Oc1cc(F)ccc1F)n1ncc(C(=O)c2cc3cc(OF)c(NSC)cc3[nH]2)c1N. The predicted molar refractivity (Wildman–Crippen MR) is 151 cm³/mol. The highest BCUT2D eigenvalue weighted by molar-refractivity contribution is 7.99. The molecule has 0 unspecified atom stereocenters. The van der Waals surface area contributed by atoms with E-state index in [1.807, 2.05) is 0 Å². The molecule has 0 aliphatic rings. The average Bonchev–Trinajstić information content (AvgIpc) is 3.50. The summed E-state index contributed by atoms with van der Waals surface area (Å²) >= 11 is 1.26. The van der Waals surface area contributed by atoms with Crippen molar-refractivity contribution in [2.24, 2.45) is 4.99 Å². The second-order valence-corrected chi connectivity index (χ2v) is 9.20. The lowest BCUT2D eigenvalue weighted by Crippen LogP contribution is -2.10. The number of anilines is 2. The first kappa shape index (κ1) is 28.4. The molecule has 0 spiro atoms. The van der Waals surface area contributed by atoms with Crippen LogP contribution < -0.4 is 20.1 Å². The summed E-state index contributed by atoms with van der Waals surface area (Å²) < 4.78 is 49.8. The van der Waals surface area contributed by atoms with Gasteiger partial charge in [0.2, 0.25) is 5.78 Å². The number of aliphatic imine (C=N–C) groups is 1. The molecule has 208 valence electrons. The van der Waals surface area contributed by atoms with Gasteiger partial charge in [0, 0.05) is 34.7 Å². The van der Waals surface area contributed by atoms with Crippen LogP contribution in [0.4, 0.5) is 24.8 Å².